The van der Waals surface area contributed by atoms with E-state index in [1.807, 2.05) is 6.07 Å². The standard InChI is InChI=1S/C20H14F2N2O2/c1-12-8-16(17(10-23)20(25)24-12)14-3-5-15(6-4-14)26-11-13-2-7-18(21)19(22)9-13/h2-9H,11H2,1H3,(H,24,25). The third kappa shape index (κ3) is 3.62. The number of H-pyrrole nitrogens is 1. The van der Waals surface area contributed by atoms with Crippen molar-refractivity contribution in [3.8, 4) is 22.9 Å². The lowest BCUT2D eigenvalue weighted by atomic mass is 10.0. The number of pyridine rings is 1. The van der Waals surface area contributed by atoms with Crippen molar-refractivity contribution in [2.75, 3.05) is 0 Å². The normalized spacial score (nSPS) is 10.4. The van der Waals surface area contributed by atoms with E-state index in [4.69, 9.17) is 4.74 Å². The quantitative estimate of drug-likeness (QED) is 0.769. The SMILES string of the molecule is Cc1cc(-c2ccc(OCc3ccc(F)c(F)c3)cc2)c(C#N)c(=O)[nH]1. The molecule has 0 bridgehead atoms. The average Bonchev–Trinajstić information content (AvgIpc) is 2.62. The van der Waals surface area contributed by atoms with Gasteiger partial charge >= 0.3 is 0 Å². The lowest BCUT2D eigenvalue weighted by Crippen LogP contribution is -2.12. The molecule has 4 nitrogen and oxygen atoms in total. The fraction of sp³-hybridized carbons (Fsp3) is 0.100. The minimum atomic E-state index is -0.921. The van der Waals surface area contributed by atoms with Crippen molar-refractivity contribution >= 4 is 0 Å². The van der Waals surface area contributed by atoms with Crippen LogP contribution in [0, 0.1) is 29.9 Å². The number of nitrogens with zero attached hydrogens (tertiary/aromatic N) is 1. The Balaban J connectivity index is 1.80. The van der Waals surface area contributed by atoms with Gasteiger partial charge in [-0.3, -0.25) is 4.79 Å². The van der Waals surface area contributed by atoms with Crippen molar-refractivity contribution in [3.63, 3.8) is 0 Å². The van der Waals surface area contributed by atoms with Gasteiger partial charge in [-0.05, 0) is 48.4 Å². The van der Waals surface area contributed by atoms with Gasteiger partial charge in [-0.25, -0.2) is 8.78 Å². The zero-order valence-electron chi connectivity index (χ0n) is 13.8. The molecule has 1 heterocycles. The Labute approximate surface area is 148 Å². The van der Waals surface area contributed by atoms with E-state index in [9.17, 15) is 18.8 Å². The molecule has 130 valence electrons. The highest BCUT2D eigenvalue weighted by atomic mass is 19.2. The molecule has 0 unspecified atom stereocenters. The fourth-order valence-corrected chi connectivity index (χ4v) is 2.55. The Kier molecular flexibility index (Phi) is 4.81. The molecule has 0 amide bonds. The summed E-state index contributed by atoms with van der Waals surface area (Å²) < 4.78 is 31.7. The number of aromatic amines is 1. The summed E-state index contributed by atoms with van der Waals surface area (Å²) in [7, 11) is 0. The Morgan fingerprint density at radius 1 is 1.08 bits per heavy atom. The Bertz CT molecular complexity index is 1050. The van der Waals surface area contributed by atoms with E-state index in [-0.39, 0.29) is 12.2 Å². The molecule has 3 rings (SSSR count). The number of nitriles is 1. The van der Waals surface area contributed by atoms with Crippen molar-refractivity contribution in [3.05, 3.63) is 87.3 Å². The molecule has 0 saturated carbocycles. The molecule has 0 fully saturated rings. The van der Waals surface area contributed by atoms with E-state index in [0.29, 0.717) is 28.1 Å². The second-order valence-corrected chi connectivity index (χ2v) is 5.74. The highest BCUT2D eigenvalue weighted by molar-refractivity contribution is 5.70. The number of nitrogens with one attached hydrogen (secondary N) is 1. The maximum Gasteiger partial charge on any atom is 0.266 e. The zero-order valence-corrected chi connectivity index (χ0v) is 13.8. The average molecular weight is 352 g/mol. The molecule has 26 heavy (non-hydrogen) atoms. The molecule has 6 heteroatoms. The number of ether oxygens (including phenoxy) is 1. The summed E-state index contributed by atoms with van der Waals surface area (Å²) in [5.41, 5.74) is 2.02. The van der Waals surface area contributed by atoms with E-state index >= 15 is 0 Å². The van der Waals surface area contributed by atoms with Crippen LogP contribution in [0.2, 0.25) is 0 Å². The molecule has 0 aliphatic heterocycles. The van der Waals surface area contributed by atoms with E-state index in [2.05, 4.69) is 4.98 Å². The van der Waals surface area contributed by atoms with Crippen molar-refractivity contribution in [2.45, 2.75) is 13.5 Å². The first-order valence-electron chi connectivity index (χ1n) is 7.79. The minimum absolute atomic E-state index is 0.0473. The first kappa shape index (κ1) is 17.4. The van der Waals surface area contributed by atoms with Crippen LogP contribution in [0.3, 0.4) is 0 Å². The zero-order chi connectivity index (χ0) is 18.7. The van der Waals surface area contributed by atoms with Crippen LogP contribution in [0.1, 0.15) is 16.8 Å². The lowest BCUT2D eigenvalue weighted by molar-refractivity contribution is 0.305. The van der Waals surface area contributed by atoms with Crippen molar-refractivity contribution in [1.29, 1.82) is 5.26 Å². The molecule has 0 saturated heterocycles. The molecule has 3 aromatic rings. The van der Waals surface area contributed by atoms with E-state index in [1.165, 1.54) is 6.07 Å². The van der Waals surface area contributed by atoms with Gasteiger partial charge in [0.1, 0.15) is 24.0 Å². The molecular weight excluding hydrogens is 338 g/mol. The number of hydrogen-bond acceptors (Lipinski definition) is 3. The van der Waals surface area contributed by atoms with Crippen molar-refractivity contribution in [2.24, 2.45) is 0 Å². The molecule has 1 aromatic heterocycles. The third-order valence-electron chi connectivity index (χ3n) is 3.83. The van der Waals surface area contributed by atoms with Crippen LogP contribution < -0.4 is 10.3 Å². The van der Waals surface area contributed by atoms with Crippen LogP contribution >= 0.6 is 0 Å². The monoisotopic (exact) mass is 352 g/mol. The van der Waals surface area contributed by atoms with Gasteiger partial charge in [0.05, 0.1) is 0 Å². The second kappa shape index (κ2) is 7.19. The maximum absolute atomic E-state index is 13.2. The van der Waals surface area contributed by atoms with E-state index in [0.717, 1.165) is 12.1 Å². The smallest absolute Gasteiger partial charge is 0.266 e. The highest BCUT2D eigenvalue weighted by Crippen LogP contribution is 2.25. The number of rotatable bonds is 4. The van der Waals surface area contributed by atoms with Crippen molar-refractivity contribution in [1.82, 2.24) is 4.98 Å². The number of aromatic nitrogens is 1. The Hall–Kier alpha value is -3.46. The molecule has 1 N–H and O–H groups in total. The van der Waals surface area contributed by atoms with Crippen LogP contribution in [-0.4, -0.2) is 4.98 Å². The molecule has 0 spiro atoms. The highest BCUT2D eigenvalue weighted by Gasteiger charge is 2.10. The largest absolute Gasteiger partial charge is 0.489 e. The van der Waals surface area contributed by atoms with Crippen LogP contribution in [0.5, 0.6) is 5.75 Å². The van der Waals surface area contributed by atoms with Gasteiger partial charge in [0.2, 0.25) is 0 Å². The number of aryl methyl sites for hydroxylation is 1. The Morgan fingerprint density at radius 2 is 1.81 bits per heavy atom. The molecular formula is C20H14F2N2O2. The lowest BCUT2D eigenvalue weighted by Gasteiger charge is -2.09. The number of benzene rings is 2. The third-order valence-corrected chi connectivity index (χ3v) is 3.83. The van der Waals surface area contributed by atoms with Crippen LogP contribution in [0.4, 0.5) is 8.78 Å². The summed E-state index contributed by atoms with van der Waals surface area (Å²) in [6.45, 7) is 1.83. The number of halogens is 2. The minimum Gasteiger partial charge on any atom is -0.489 e. The summed E-state index contributed by atoms with van der Waals surface area (Å²) in [5.74, 6) is -1.30. The van der Waals surface area contributed by atoms with Gasteiger partial charge in [-0.1, -0.05) is 18.2 Å². The Morgan fingerprint density at radius 3 is 2.46 bits per heavy atom. The van der Waals surface area contributed by atoms with E-state index < -0.39 is 17.2 Å². The van der Waals surface area contributed by atoms with Gasteiger partial charge in [0.15, 0.2) is 11.6 Å². The summed E-state index contributed by atoms with van der Waals surface area (Å²) in [5, 5.41) is 9.21. The van der Waals surface area contributed by atoms with E-state index in [1.54, 1.807) is 37.3 Å². The van der Waals surface area contributed by atoms with Gasteiger partial charge in [-0.2, -0.15) is 5.26 Å². The predicted molar refractivity (Wildman–Crippen MR) is 92.6 cm³/mol. The predicted octanol–water partition coefficient (Wildman–Crippen LogP) is 4.08. The van der Waals surface area contributed by atoms with Gasteiger partial charge in [0.25, 0.3) is 5.56 Å². The summed E-state index contributed by atoms with van der Waals surface area (Å²) in [6.07, 6.45) is 0. The van der Waals surface area contributed by atoms with Crippen LogP contribution in [-0.2, 0) is 6.61 Å². The van der Waals surface area contributed by atoms with Gasteiger partial charge in [-0.15, -0.1) is 0 Å². The summed E-state index contributed by atoms with van der Waals surface area (Å²) in [6, 6.07) is 14.1. The van der Waals surface area contributed by atoms with Gasteiger partial charge in [0, 0.05) is 11.3 Å². The molecule has 0 aliphatic carbocycles. The molecule has 0 atom stereocenters. The maximum atomic E-state index is 13.2. The summed E-state index contributed by atoms with van der Waals surface area (Å²) >= 11 is 0. The summed E-state index contributed by atoms with van der Waals surface area (Å²) in [4.78, 5) is 14.5. The first-order chi connectivity index (χ1) is 12.5. The molecule has 2 aromatic carbocycles. The van der Waals surface area contributed by atoms with Crippen LogP contribution in [0.15, 0.2) is 53.3 Å². The number of hydrogen-bond donors (Lipinski definition) is 1. The molecule has 0 aliphatic rings. The van der Waals surface area contributed by atoms with Gasteiger partial charge < -0.3 is 9.72 Å². The molecule has 0 radical (unpaired) electrons. The van der Waals surface area contributed by atoms with Crippen LogP contribution in [0.25, 0.3) is 11.1 Å². The topological polar surface area (TPSA) is 65.9 Å². The first-order valence-corrected chi connectivity index (χ1v) is 7.79. The second-order valence-electron chi connectivity index (χ2n) is 5.74. The van der Waals surface area contributed by atoms with Crippen molar-refractivity contribution < 1.29 is 13.5 Å². The fourth-order valence-electron chi connectivity index (χ4n) is 2.55.